The van der Waals surface area contributed by atoms with Gasteiger partial charge in [0.05, 0.1) is 7.11 Å². The molecule has 0 heterocycles. The van der Waals surface area contributed by atoms with Crippen LogP contribution in [0, 0.1) is 5.92 Å². The number of carbonyl (C=O) groups is 2. The molecule has 12 heavy (non-hydrogen) atoms. The summed E-state index contributed by atoms with van der Waals surface area (Å²) >= 11 is 0. The summed E-state index contributed by atoms with van der Waals surface area (Å²) in [6.07, 6.45) is 2.50. The first-order chi connectivity index (χ1) is 5.65. The van der Waals surface area contributed by atoms with Gasteiger partial charge < -0.3 is 4.74 Å². The fraction of sp³-hybridized carbons (Fsp3) is 0.556. The van der Waals surface area contributed by atoms with Crippen molar-refractivity contribution in [2.24, 2.45) is 5.92 Å². The lowest BCUT2D eigenvalue weighted by molar-refractivity contribution is -0.136. The van der Waals surface area contributed by atoms with E-state index in [-0.39, 0.29) is 17.7 Å². The predicted molar refractivity (Wildman–Crippen MR) is 43.5 cm³/mol. The number of hydrogen-bond donors (Lipinski definition) is 0. The maximum Gasteiger partial charge on any atom is 0.333 e. The molecule has 0 bridgehead atoms. The van der Waals surface area contributed by atoms with Crippen LogP contribution in [-0.2, 0) is 14.3 Å². The molecular weight excluding hydrogens is 156 g/mol. The van der Waals surface area contributed by atoms with Crippen LogP contribution in [0.3, 0.4) is 0 Å². The highest BCUT2D eigenvalue weighted by atomic mass is 16.5. The molecule has 0 aromatic heterocycles. The molecule has 0 aromatic rings. The maximum absolute atomic E-state index is 11.1. The normalized spacial score (nSPS) is 23.3. The van der Waals surface area contributed by atoms with E-state index in [9.17, 15) is 9.59 Å². The summed E-state index contributed by atoms with van der Waals surface area (Å²) < 4.78 is 4.58. The Balaban J connectivity index is 2.77. The number of methoxy groups -OCH3 is 1. The molecule has 3 nitrogen and oxygen atoms in total. The molecule has 1 aliphatic rings. The van der Waals surface area contributed by atoms with Crippen LogP contribution < -0.4 is 0 Å². The average Bonchev–Trinajstić information content (AvgIpc) is 2.03. The third kappa shape index (κ3) is 1.72. The molecule has 1 rings (SSSR count). The zero-order valence-corrected chi connectivity index (χ0v) is 7.29. The monoisotopic (exact) mass is 168 g/mol. The minimum absolute atomic E-state index is 0.0127. The summed E-state index contributed by atoms with van der Waals surface area (Å²) in [4.78, 5) is 22.0. The highest BCUT2D eigenvalue weighted by molar-refractivity contribution is 5.93. The van der Waals surface area contributed by atoms with Gasteiger partial charge in [-0.3, -0.25) is 4.79 Å². The summed E-state index contributed by atoms with van der Waals surface area (Å²) in [6.45, 7) is 1.86. The third-order valence-electron chi connectivity index (χ3n) is 2.04. The molecule has 1 unspecified atom stereocenters. The van der Waals surface area contributed by atoms with Crippen molar-refractivity contribution >= 4 is 11.8 Å². The number of Topliss-reactive ketones (excluding diaryl/α,β-unsaturated/α-hetero) is 1. The molecule has 0 aliphatic heterocycles. The van der Waals surface area contributed by atoms with Crippen molar-refractivity contribution in [3.05, 3.63) is 11.6 Å². The SMILES string of the molecule is COC(=O)C1=CCC(=O)CC1C. The van der Waals surface area contributed by atoms with Gasteiger partial charge in [-0.05, 0) is 5.92 Å². The zero-order chi connectivity index (χ0) is 9.14. The Bertz CT molecular complexity index is 240. The molecule has 0 N–H and O–H groups in total. The van der Waals surface area contributed by atoms with E-state index in [2.05, 4.69) is 4.74 Å². The summed E-state index contributed by atoms with van der Waals surface area (Å²) in [5, 5.41) is 0. The number of esters is 1. The third-order valence-corrected chi connectivity index (χ3v) is 2.04. The Morgan fingerprint density at radius 1 is 1.67 bits per heavy atom. The van der Waals surface area contributed by atoms with Crippen molar-refractivity contribution in [2.45, 2.75) is 19.8 Å². The molecule has 3 heteroatoms. The van der Waals surface area contributed by atoms with Crippen LogP contribution in [0.2, 0.25) is 0 Å². The number of hydrogen-bond acceptors (Lipinski definition) is 3. The predicted octanol–water partition coefficient (Wildman–Crippen LogP) is 1.08. The van der Waals surface area contributed by atoms with Crippen molar-refractivity contribution in [2.75, 3.05) is 7.11 Å². The van der Waals surface area contributed by atoms with Gasteiger partial charge >= 0.3 is 5.97 Å². The van der Waals surface area contributed by atoms with E-state index in [1.165, 1.54) is 7.11 Å². The lowest BCUT2D eigenvalue weighted by Crippen LogP contribution is -2.19. The second kappa shape index (κ2) is 3.52. The number of ether oxygens (including phenoxy) is 1. The van der Waals surface area contributed by atoms with Crippen LogP contribution in [0.1, 0.15) is 19.8 Å². The Morgan fingerprint density at radius 2 is 2.33 bits per heavy atom. The second-order valence-electron chi connectivity index (χ2n) is 3.00. The van der Waals surface area contributed by atoms with Crippen molar-refractivity contribution in [1.82, 2.24) is 0 Å². The Kier molecular flexibility index (Phi) is 2.63. The number of carbonyl (C=O) groups excluding carboxylic acids is 2. The number of ketones is 1. The lowest BCUT2D eigenvalue weighted by Gasteiger charge is -2.17. The Morgan fingerprint density at radius 3 is 2.83 bits per heavy atom. The Hall–Kier alpha value is -1.12. The maximum atomic E-state index is 11.1. The van der Waals surface area contributed by atoms with Crippen LogP contribution in [0.15, 0.2) is 11.6 Å². The van der Waals surface area contributed by atoms with Gasteiger partial charge in [-0.1, -0.05) is 13.0 Å². The molecule has 1 atom stereocenters. The summed E-state index contributed by atoms with van der Waals surface area (Å²) in [6, 6.07) is 0. The van der Waals surface area contributed by atoms with E-state index < -0.39 is 0 Å². The van der Waals surface area contributed by atoms with E-state index >= 15 is 0 Å². The molecule has 0 spiro atoms. The first kappa shape index (κ1) is 8.97. The standard InChI is InChI=1S/C9H12O3/c1-6-5-7(10)3-4-8(6)9(11)12-2/h4,6H,3,5H2,1-2H3. The van der Waals surface area contributed by atoms with Crippen LogP contribution in [-0.4, -0.2) is 18.9 Å². The van der Waals surface area contributed by atoms with Crippen molar-refractivity contribution in [3.8, 4) is 0 Å². The van der Waals surface area contributed by atoms with Gasteiger partial charge in [0.2, 0.25) is 0 Å². The summed E-state index contributed by atoms with van der Waals surface area (Å²) in [7, 11) is 1.35. The van der Waals surface area contributed by atoms with Crippen molar-refractivity contribution < 1.29 is 14.3 Å². The molecule has 0 saturated heterocycles. The van der Waals surface area contributed by atoms with E-state index in [0.717, 1.165) is 0 Å². The number of rotatable bonds is 1. The van der Waals surface area contributed by atoms with Crippen LogP contribution >= 0.6 is 0 Å². The number of allylic oxidation sites excluding steroid dienone is 1. The summed E-state index contributed by atoms with van der Waals surface area (Å²) in [5.74, 6) is -0.108. The average molecular weight is 168 g/mol. The largest absolute Gasteiger partial charge is 0.466 e. The van der Waals surface area contributed by atoms with Crippen LogP contribution in [0.25, 0.3) is 0 Å². The van der Waals surface area contributed by atoms with Gasteiger partial charge in [0.25, 0.3) is 0 Å². The van der Waals surface area contributed by atoms with Crippen LogP contribution in [0.4, 0.5) is 0 Å². The van der Waals surface area contributed by atoms with Gasteiger partial charge in [0.1, 0.15) is 5.78 Å². The second-order valence-corrected chi connectivity index (χ2v) is 3.00. The smallest absolute Gasteiger partial charge is 0.333 e. The first-order valence-electron chi connectivity index (χ1n) is 3.95. The van der Waals surface area contributed by atoms with Gasteiger partial charge in [-0.25, -0.2) is 4.79 Å². The van der Waals surface area contributed by atoms with Gasteiger partial charge in [-0.2, -0.15) is 0 Å². The minimum Gasteiger partial charge on any atom is -0.466 e. The van der Waals surface area contributed by atoms with Crippen molar-refractivity contribution in [1.29, 1.82) is 0 Å². The molecule has 1 aliphatic carbocycles. The van der Waals surface area contributed by atoms with E-state index in [0.29, 0.717) is 18.4 Å². The van der Waals surface area contributed by atoms with Crippen molar-refractivity contribution in [3.63, 3.8) is 0 Å². The zero-order valence-electron chi connectivity index (χ0n) is 7.29. The van der Waals surface area contributed by atoms with E-state index in [1.54, 1.807) is 6.08 Å². The van der Waals surface area contributed by atoms with E-state index in [4.69, 9.17) is 0 Å². The van der Waals surface area contributed by atoms with Gasteiger partial charge in [-0.15, -0.1) is 0 Å². The topological polar surface area (TPSA) is 43.4 Å². The highest BCUT2D eigenvalue weighted by Gasteiger charge is 2.23. The van der Waals surface area contributed by atoms with E-state index in [1.807, 2.05) is 6.92 Å². The summed E-state index contributed by atoms with van der Waals surface area (Å²) in [5.41, 5.74) is 0.636. The first-order valence-corrected chi connectivity index (χ1v) is 3.95. The lowest BCUT2D eigenvalue weighted by atomic mass is 9.88. The molecular formula is C9H12O3. The van der Waals surface area contributed by atoms with Gasteiger partial charge in [0.15, 0.2) is 0 Å². The van der Waals surface area contributed by atoms with Gasteiger partial charge in [0, 0.05) is 18.4 Å². The molecule has 0 radical (unpaired) electrons. The molecule has 66 valence electrons. The molecule has 0 aromatic carbocycles. The fourth-order valence-electron chi connectivity index (χ4n) is 1.36. The molecule has 0 amide bonds. The highest BCUT2D eigenvalue weighted by Crippen LogP contribution is 2.22. The molecule has 0 saturated carbocycles. The fourth-order valence-corrected chi connectivity index (χ4v) is 1.36. The van der Waals surface area contributed by atoms with Crippen LogP contribution in [0.5, 0.6) is 0 Å². The quantitative estimate of drug-likeness (QED) is 0.550. The Labute approximate surface area is 71.4 Å². The molecule has 0 fully saturated rings. The minimum atomic E-state index is -0.310.